The Kier molecular flexibility index (Phi) is 5.88. The summed E-state index contributed by atoms with van der Waals surface area (Å²) in [6.45, 7) is 1.18. The summed E-state index contributed by atoms with van der Waals surface area (Å²) in [5, 5.41) is 3.18. The molecule has 1 fully saturated rings. The molecule has 1 aliphatic carbocycles. The van der Waals surface area contributed by atoms with Gasteiger partial charge >= 0.3 is 0 Å². The van der Waals surface area contributed by atoms with E-state index < -0.39 is 0 Å². The zero-order chi connectivity index (χ0) is 8.65. The van der Waals surface area contributed by atoms with Gasteiger partial charge in [0, 0.05) is 0 Å². The molecule has 0 aromatic carbocycles. The lowest BCUT2D eigenvalue weighted by molar-refractivity contribution is 0.622. The first-order valence-corrected chi connectivity index (χ1v) is 6.31. The van der Waals surface area contributed by atoms with E-state index in [0.717, 1.165) is 5.92 Å². The van der Waals surface area contributed by atoms with Crippen molar-refractivity contribution in [1.82, 2.24) is 5.32 Å². The fraction of sp³-hybridized carbons (Fsp3) is 1.00. The predicted octanol–water partition coefficient (Wildman–Crippen LogP) is 2.52. The van der Waals surface area contributed by atoms with Crippen molar-refractivity contribution in [2.45, 2.75) is 32.1 Å². The molecule has 0 aromatic rings. The van der Waals surface area contributed by atoms with Gasteiger partial charge in [0.1, 0.15) is 0 Å². The van der Waals surface area contributed by atoms with E-state index in [-0.39, 0.29) is 0 Å². The maximum absolute atomic E-state index is 3.18. The number of hydrogen-bond acceptors (Lipinski definition) is 2. The Bertz CT molecular complexity index is 100. The van der Waals surface area contributed by atoms with Crippen LogP contribution in [-0.4, -0.2) is 25.1 Å². The minimum absolute atomic E-state index is 1.06. The van der Waals surface area contributed by atoms with Gasteiger partial charge in [0.05, 0.1) is 0 Å². The molecule has 0 unspecified atom stereocenters. The van der Waals surface area contributed by atoms with Gasteiger partial charge in [-0.25, -0.2) is 0 Å². The summed E-state index contributed by atoms with van der Waals surface area (Å²) in [4.78, 5) is 0. The first-order valence-electron chi connectivity index (χ1n) is 5.16. The normalized spacial score (nSPS) is 18.8. The highest BCUT2D eigenvalue weighted by Gasteiger charge is 2.13. The van der Waals surface area contributed by atoms with Crippen molar-refractivity contribution in [3.8, 4) is 0 Å². The van der Waals surface area contributed by atoms with Gasteiger partial charge in [-0.2, -0.15) is 11.8 Å². The highest BCUT2D eigenvalue weighted by molar-refractivity contribution is 7.99. The van der Waals surface area contributed by atoms with Gasteiger partial charge in [0.25, 0.3) is 0 Å². The van der Waals surface area contributed by atoms with Crippen LogP contribution in [-0.2, 0) is 0 Å². The maximum Gasteiger partial charge on any atom is -0.00391 e. The lowest BCUT2D eigenvalue weighted by atomic mass is 10.1. The first kappa shape index (κ1) is 10.4. The molecule has 2 heteroatoms. The molecule has 0 heterocycles. The molecule has 1 N–H and O–H groups in total. The van der Waals surface area contributed by atoms with E-state index in [4.69, 9.17) is 0 Å². The maximum atomic E-state index is 3.18. The second kappa shape index (κ2) is 6.79. The lowest BCUT2D eigenvalue weighted by Crippen LogP contribution is -2.08. The SMILES string of the molecule is CNCCCSCC1CCCC1. The molecule has 0 amide bonds. The van der Waals surface area contributed by atoms with Gasteiger partial charge in [-0.1, -0.05) is 12.8 Å². The van der Waals surface area contributed by atoms with Gasteiger partial charge in [-0.05, 0) is 50.3 Å². The van der Waals surface area contributed by atoms with E-state index in [2.05, 4.69) is 17.1 Å². The van der Waals surface area contributed by atoms with Gasteiger partial charge in [0.15, 0.2) is 0 Å². The van der Waals surface area contributed by atoms with Gasteiger partial charge in [-0.3, -0.25) is 0 Å². The molecule has 1 nitrogen and oxygen atoms in total. The summed E-state index contributed by atoms with van der Waals surface area (Å²) in [6.07, 6.45) is 7.30. The van der Waals surface area contributed by atoms with Crippen LogP contribution in [0, 0.1) is 5.92 Å². The zero-order valence-electron chi connectivity index (χ0n) is 8.14. The molecule has 1 rings (SSSR count). The molecule has 0 bridgehead atoms. The Balaban J connectivity index is 1.81. The standard InChI is InChI=1S/C10H21NS/c1-11-7-4-8-12-9-10-5-2-3-6-10/h10-11H,2-9H2,1H3. The van der Waals surface area contributed by atoms with Crippen LogP contribution in [0.4, 0.5) is 0 Å². The monoisotopic (exact) mass is 187 g/mol. The average molecular weight is 187 g/mol. The molecule has 72 valence electrons. The highest BCUT2D eigenvalue weighted by atomic mass is 32.2. The van der Waals surface area contributed by atoms with Crippen molar-refractivity contribution in [3.63, 3.8) is 0 Å². The molecule has 1 aliphatic rings. The molecule has 0 aromatic heterocycles. The van der Waals surface area contributed by atoms with E-state index in [1.807, 2.05) is 7.05 Å². The quantitative estimate of drug-likeness (QED) is 0.641. The Hall–Kier alpha value is 0.310. The van der Waals surface area contributed by atoms with Crippen molar-refractivity contribution in [1.29, 1.82) is 0 Å². The van der Waals surface area contributed by atoms with Crippen LogP contribution >= 0.6 is 11.8 Å². The van der Waals surface area contributed by atoms with Crippen LogP contribution in [0.1, 0.15) is 32.1 Å². The Morgan fingerprint density at radius 3 is 2.75 bits per heavy atom. The summed E-state index contributed by atoms with van der Waals surface area (Å²) in [6, 6.07) is 0. The van der Waals surface area contributed by atoms with Crippen LogP contribution in [0.2, 0.25) is 0 Å². The summed E-state index contributed by atoms with van der Waals surface area (Å²) in [5.74, 6) is 3.82. The Morgan fingerprint density at radius 1 is 1.33 bits per heavy atom. The smallest absolute Gasteiger partial charge is 0.00391 e. The third-order valence-corrected chi connectivity index (χ3v) is 3.83. The first-order chi connectivity index (χ1) is 5.93. The van der Waals surface area contributed by atoms with Crippen LogP contribution in [0.25, 0.3) is 0 Å². The number of nitrogens with one attached hydrogen (secondary N) is 1. The van der Waals surface area contributed by atoms with Crippen molar-refractivity contribution in [2.24, 2.45) is 5.92 Å². The summed E-state index contributed by atoms with van der Waals surface area (Å²) >= 11 is 2.15. The fourth-order valence-electron chi connectivity index (χ4n) is 1.78. The van der Waals surface area contributed by atoms with E-state index in [0.29, 0.717) is 0 Å². The Labute approximate surface area is 80.7 Å². The molecular weight excluding hydrogens is 166 g/mol. The summed E-state index contributed by atoms with van der Waals surface area (Å²) in [5.41, 5.74) is 0. The average Bonchev–Trinajstić information content (AvgIpc) is 2.57. The molecular formula is C10H21NS. The van der Waals surface area contributed by atoms with Crippen LogP contribution in [0.15, 0.2) is 0 Å². The van der Waals surface area contributed by atoms with E-state index in [9.17, 15) is 0 Å². The van der Waals surface area contributed by atoms with Crippen molar-refractivity contribution in [2.75, 3.05) is 25.1 Å². The third kappa shape index (κ3) is 4.36. The van der Waals surface area contributed by atoms with Crippen molar-refractivity contribution < 1.29 is 0 Å². The largest absolute Gasteiger partial charge is 0.320 e. The van der Waals surface area contributed by atoms with Crippen LogP contribution < -0.4 is 5.32 Å². The molecule has 0 spiro atoms. The summed E-state index contributed by atoms with van der Waals surface area (Å²) < 4.78 is 0. The molecule has 0 radical (unpaired) electrons. The highest BCUT2D eigenvalue weighted by Crippen LogP contribution is 2.27. The number of rotatable bonds is 6. The molecule has 0 saturated heterocycles. The van der Waals surface area contributed by atoms with Crippen LogP contribution in [0.5, 0.6) is 0 Å². The second-order valence-corrected chi connectivity index (χ2v) is 4.83. The second-order valence-electron chi connectivity index (χ2n) is 3.68. The summed E-state index contributed by atoms with van der Waals surface area (Å²) in [7, 11) is 2.03. The van der Waals surface area contributed by atoms with E-state index in [1.165, 1.54) is 50.2 Å². The third-order valence-electron chi connectivity index (χ3n) is 2.54. The number of hydrogen-bond donors (Lipinski definition) is 1. The predicted molar refractivity (Wildman–Crippen MR) is 57.8 cm³/mol. The minimum atomic E-state index is 1.06. The Morgan fingerprint density at radius 2 is 2.08 bits per heavy atom. The molecule has 0 atom stereocenters. The van der Waals surface area contributed by atoms with Crippen LogP contribution in [0.3, 0.4) is 0 Å². The van der Waals surface area contributed by atoms with Crippen molar-refractivity contribution in [3.05, 3.63) is 0 Å². The minimum Gasteiger partial charge on any atom is -0.320 e. The van der Waals surface area contributed by atoms with Crippen molar-refractivity contribution >= 4 is 11.8 Å². The lowest BCUT2D eigenvalue weighted by Gasteiger charge is -2.07. The van der Waals surface area contributed by atoms with E-state index in [1.54, 1.807) is 0 Å². The van der Waals surface area contributed by atoms with Gasteiger partial charge in [-0.15, -0.1) is 0 Å². The fourth-order valence-corrected chi connectivity index (χ4v) is 2.96. The van der Waals surface area contributed by atoms with Gasteiger partial charge < -0.3 is 5.32 Å². The molecule has 12 heavy (non-hydrogen) atoms. The molecule has 1 saturated carbocycles. The topological polar surface area (TPSA) is 12.0 Å². The van der Waals surface area contributed by atoms with E-state index >= 15 is 0 Å². The number of thioether (sulfide) groups is 1. The zero-order valence-corrected chi connectivity index (χ0v) is 8.96. The molecule has 0 aliphatic heterocycles. The van der Waals surface area contributed by atoms with Gasteiger partial charge in [0.2, 0.25) is 0 Å².